The van der Waals surface area contributed by atoms with Crippen molar-refractivity contribution in [2.75, 3.05) is 20.1 Å². The standard InChI is InChI=1S/C11H20N2O3/c1-8-4-3-7-13(10(8)11(15)16)9(14)5-6-12-2/h8,10,12H,3-7H2,1-2H3,(H,15,16). The molecule has 0 spiro atoms. The van der Waals surface area contributed by atoms with Crippen molar-refractivity contribution in [3.05, 3.63) is 0 Å². The van der Waals surface area contributed by atoms with E-state index in [9.17, 15) is 9.59 Å². The van der Waals surface area contributed by atoms with E-state index in [0.717, 1.165) is 12.8 Å². The van der Waals surface area contributed by atoms with Crippen LogP contribution >= 0.6 is 0 Å². The summed E-state index contributed by atoms with van der Waals surface area (Å²) in [7, 11) is 1.78. The zero-order valence-electron chi connectivity index (χ0n) is 9.90. The van der Waals surface area contributed by atoms with Gasteiger partial charge in [-0.15, -0.1) is 0 Å². The normalized spacial score (nSPS) is 25.5. The average Bonchev–Trinajstić information content (AvgIpc) is 2.24. The third-order valence-corrected chi connectivity index (χ3v) is 3.10. The highest BCUT2D eigenvalue weighted by atomic mass is 16.4. The van der Waals surface area contributed by atoms with Crippen LogP contribution in [0.25, 0.3) is 0 Å². The zero-order chi connectivity index (χ0) is 12.1. The molecule has 16 heavy (non-hydrogen) atoms. The molecule has 1 fully saturated rings. The number of carbonyl (C=O) groups excluding carboxylic acids is 1. The van der Waals surface area contributed by atoms with Gasteiger partial charge in [-0.05, 0) is 25.8 Å². The van der Waals surface area contributed by atoms with Crippen LogP contribution in [0.3, 0.4) is 0 Å². The Hall–Kier alpha value is -1.10. The monoisotopic (exact) mass is 228 g/mol. The number of aliphatic carboxylic acids is 1. The number of hydrogen-bond acceptors (Lipinski definition) is 3. The highest BCUT2D eigenvalue weighted by Crippen LogP contribution is 2.23. The molecular weight excluding hydrogens is 208 g/mol. The molecule has 2 N–H and O–H groups in total. The van der Waals surface area contributed by atoms with Crippen molar-refractivity contribution in [3.8, 4) is 0 Å². The van der Waals surface area contributed by atoms with Gasteiger partial charge in [-0.25, -0.2) is 4.79 Å². The number of nitrogens with zero attached hydrogens (tertiary/aromatic N) is 1. The summed E-state index contributed by atoms with van der Waals surface area (Å²) >= 11 is 0. The number of rotatable bonds is 4. The van der Waals surface area contributed by atoms with Crippen molar-refractivity contribution in [2.45, 2.75) is 32.2 Å². The average molecular weight is 228 g/mol. The van der Waals surface area contributed by atoms with E-state index in [4.69, 9.17) is 5.11 Å². The predicted octanol–water partition coefficient (Wildman–Crippen LogP) is 0.308. The Morgan fingerprint density at radius 1 is 1.50 bits per heavy atom. The fourth-order valence-electron chi connectivity index (χ4n) is 2.22. The minimum atomic E-state index is -0.884. The number of likely N-dealkylation sites (tertiary alicyclic amines) is 1. The summed E-state index contributed by atoms with van der Waals surface area (Å²) in [4.78, 5) is 24.5. The first kappa shape index (κ1) is 13.0. The maximum absolute atomic E-state index is 11.8. The first-order valence-corrected chi connectivity index (χ1v) is 5.74. The Morgan fingerprint density at radius 3 is 2.75 bits per heavy atom. The summed E-state index contributed by atoms with van der Waals surface area (Å²) in [5.41, 5.74) is 0. The summed E-state index contributed by atoms with van der Waals surface area (Å²) in [6.45, 7) is 3.07. The number of nitrogens with one attached hydrogen (secondary N) is 1. The molecule has 0 aromatic heterocycles. The van der Waals surface area contributed by atoms with Crippen molar-refractivity contribution in [1.82, 2.24) is 10.2 Å². The Labute approximate surface area is 95.8 Å². The maximum atomic E-state index is 11.8. The molecule has 1 amide bonds. The van der Waals surface area contributed by atoms with E-state index in [2.05, 4.69) is 5.32 Å². The van der Waals surface area contributed by atoms with Crippen LogP contribution in [0.2, 0.25) is 0 Å². The van der Waals surface area contributed by atoms with Gasteiger partial charge in [0.2, 0.25) is 5.91 Å². The van der Waals surface area contributed by atoms with Crippen LogP contribution in [-0.4, -0.2) is 48.1 Å². The molecule has 0 saturated carbocycles. The number of amides is 1. The number of carboxylic acids is 1. The van der Waals surface area contributed by atoms with Crippen LogP contribution < -0.4 is 5.32 Å². The molecule has 5 heteroatoms. The van der Waals surface area contributed by atoms with Crippen molar-refractivity contribution in [1.29, 1.82) is 0 Å². The number of hydrogen-bond donors (Lipinski definition) is 2. The highest BCUT2D eigenvalue weighted by Gasteiger charge is 2.36. The molecule has 1 rings (SSSR count). The molecule has 92 valence electrons. The van der Waals surface area contributed by atoms with Crippen LogP contribution in [-0.2, 0) is 9.59 Å². The van der Waals surface area contributed by atoms with E-state index in [1.807, 2.05) is 6.92 Å². The molecule has 2 atom stereocenters. The van der Waals surface area contributed by atoms with E-state index >= 15 is 0 Å². The van der Waals surface area contributed by atoms with E-state index in [1.165, 1.54) is 4.90 Å². The van der Waals surface area contributed by atoms with Gasteiger partial charge in [0.15, 0.2) is 0 Å². The van der Waals surface area contributed by atoms with Crippen molar-refractivity contribution in [3.63, 3.8) is 0 Å². The lowest BCUT2D eigenvalue weighted by molar-refractivity contribution is -0.154. The second kappa shape index (κ2) is 5.84. The molecule has 0 aromatic rings. The summed E-state index contributed by atoms with van der Waals surface area (Å²) in [6.07, 6.45) is 2.15. The second-order valence-electron chi connectivity index (χ2n) is 4.34. The summed E-state index contributed by atoms with van der Waals surface area (Å²) in [6, 6.07) is -0.641. The molecule has 0 aliphatic carbocycles. The van der Waals surface area contributed by atoms with Gasteiger partial charge < -0.3 is 15.3 Å². The topological polar surface area (TPSA) is 69.6 Å². The molecule has 0 radical (unpaired) electrons. The van der Waals surface area contributed by atoms with Crippen molar-refractivity contribution in [2.24, 2.45) is 5.92 Å². The van der Waals surface area contributed by atoms with Gasteiger partial charge in [-0.3, -0.25) is 4.79 Å². The fourth-order valence-corrected chi connectivity index (χ4v) is 2.22. The minimum Gasteiger partial charge on any atom is -0.480 e. The molecule has 0 bridgehead atoms. The van der Waals surface area contributed by atoms with E-state index in [1.54, 1.807) is 7.05 Å². The third-order valence-electron chi connectivity index (χ3n) is 3.10. The van der Waals surface area contributed by atoms with Gasteiger partial charge in [0.1, 0.15) is 6.04 Å². The summed E-state index contributed by atoms with van der Waals surface area (Å²) in [5.74, 6) is -0.900. The molecule has 2 unspecified atom stereocenters. The summed E-state index contributed by atoms with van der Waals surface area (Å²) < 4.78 is 0. The van der Waals surface area contributed by atoms with Gasteiger partial charge in [0.25, 0.3) is 0 Å². The summed E-state index contributed by atoms with van der Waals surface area (Å²) in [5, 5.41) is 12.0. The van der Waals surface area contributed by atoms with Gasteiger partial charge in [-0.2, -0.15) is 0 Å². The Kier molecular flexibility index (Phi) is 4.73. The van der Waals surface area contributed by atoms with Gasteiger partial charge in [0.05, 0.1) is 0 Å². The van der Waals surface area contributed by atoms with Gasteiger partial charge in [0, 0.05) is 19.5 Å². The Morgan fingerprint density at radius 2 is 2.19 bits per heavy atom. The van der Waals surface area contributed by atoms with Crippen LogP contribution in [0.1, 0.15) is 26.2 Å². The molecular formula is C11H20N2O3. The van der Waals surface area contributed by atoms with Gasteiger partial charge >= 0.3 is 5.97 Å². The zero-order valence-corrected chi connectivity index (χ0v) is 9.90. The molecule has 1 saturated heterocycles. The third kappa shape index (κ3) is 2.95. The Balaban J connectivity index is 2.67. The first-order valence-electron chi connectivity index (χ1n) is 5.74. The first-order chi connectivity index (χ1) is 7.57. The van der Waals surface area contributed by atoms with Crippen LogP contribution in [0, 0.1) is 5.92 Å². The molecule has 5 nitrogen and oxygen atoms in total. The lowest BCUT2D eigenvalue weighted by Gasteiger charge is -2.37. The predicted molar refractivity (Wildman–Crippen MR) is 60.1 cm³/mol. The van der Waals surface area contributed by atoms with Crippen LogP contribution in [0.4, 0.5) is 0 Å². The maximum Gasteiger partial charge on any atom is 0.326 e. The largest absolute Gasteiger partial charge is 0.480 e. The van der Waals surface area contributed by atoms with E-state index in [-0.39, 0.29) is 11.8 Å². The number of carboxylic acid groups (broad SMARTS) is 1. The molecule has 1 aliphatic rings. The van der Waals surface area contributed by atoms with E-state index < -0.39 is 12.0 Å². The molecule has 1 aliphatic heterocycles. The van der Waals surface area contributed by atoms with Crippen molar-refractivity contribution >= 4 is 11.9 Å². The number of piperidine rings is 1. The lowest BCUT2D eigenvalue weighted by Crippen LogP contribution is -2.52. The number of carbonyl (C=O) groups is 2. The van der Waals surface area contributed by atoms with Crippen LogP contribution in [0.5, 0.6) is 0 Å². The van der Waals surface area contributed by atoms with Gasteiger partial charge in [-0.1, -0.05) is 6.92 Å². The van der Waals surface area contributed by atoms with Crippen molar-refractivity contribution < 1.29 is 14.7 Å². The van der Waals surface area contributed by atoms with Crippen LogP contribution in [0.15, 0.2) is 0 Å². The fraction of sp³-hybridized carbons (Fsp3) is 0.818. The smallest absolute Gasteiger partial charge is 0.326 e. The molecule has 0 aromatic carbocycles. The van der Waals surface area contributed by atoms with E-state index in [0.29, 0.717) is 19.5 Å². The lowest BCUT2D eigenvalue weighted by atomic mass is 9.90. The second-order valence-corrected chi connectivity index (χ2v) is 4.34. The Bertz CT molecular complexity index is 268. The minimum absolute atomic E-state index is 0.0461. The SMILES string of the molecule is CNCCC(=O)N1CCCC(C)C1C(=O)O. The molecule has 1 heterocycles. The quantitative estimate of drug-likeness (QED) is 0.726. The highest BCUT2D eigenvalue weighted by molar-refractivity contribution is 5.84.